The maximum atomic E-state index is 3.73. The quantitative estimate of drug-likeness (QED) is 0.542. The van der Waals surface area contributed by atoms with Gasteiger partial charge < -0.3 is 10.2 Å². The second-order valence-electron chi connectivity index (χ2n) is 4.70. The van der Waals surface area contributed by atoms with Crippen LogP contribution in [0.25, 0.3) is 0 Å². The summed E-state index contributed by atoms with van der Waals surface area (Å²) < 4.78 is 0. The molecule has 0 aromatic rings. The number of rotatable bonds is 0. The number of likely N-dealkylation sites (tertiary alicyclic amines) is 1. The first-order valence-electron chi connectivity index (χ1n) is 4.73. The Balaban J connectivity index is 1.86. The van der Waals surface area contributed by atoms with Gasteiger partial charge >= 0.3 is 0 Å². The molecule has 2 atom stereocenters. The second kappa shape index (κ2) is 1.80. The molecule has 0 radical (unpaired) electrons. The van der Waals surface area contributed by atoms with Gasteiger partial charge in [-0.1, -0.05) is 0 Å². The summed E-state index contributed by atoms with van der Waals surface area (Å²) >= 11 is 0. The Kier molecular flexibility index (Phi) is 1.06. The van der Waals surface area contributed by atoms with Crippen molar-refractivity contribution >= 4 is 0 Å². The van der Waals surface area contributed by atoms with Crippen molar-refractivity contribution in [2.45, 2.75) is 31.3 Å². The zero-order valence-electron chi connectivity index (χ0n) is 7.14. The van der Waals surface area contributed by atoms with E-state index < -0.39 is 0 Å². The van der Waals surface area contributed by atoms with E-state index in [1.165, 1.54) is 32.4 Å². The van der Waals surface area contributed by atoms with Crippen molar-refractivity contribution in [3.63, 3.8) is 0 Å². The predicted octanol–water partition coefficient (Wildman–Crippen LogP) is 0.442. The fourth-order valence-electron chi connectivity index (χ4n) is 2.99. The zero-order chi connectivity index (χ0) is 7.47. The smallest absolute Gasteiger partial charge is 0.0254 e. The zero-order valence-corrected chi connectivity index (χ0v) is 7.14. The molecular weight excluding hydrogens is 136 g/mol. The summed E-state index contributed by atoms with van der Waals surface area (Å²) in [6.07, 6.45) is 4.45. The van der Waals surface area contributed by atoms with Crippen LogP contribution in [0.2, 0.25) is 0 Å². The molecule has 3 aliphatic rings. The minimum Gasteiger partial charge on any atom is -0.308 e. The number of piperazine rings is 1. The Morgan fingerprint density at radius 1 is 1.36 bits per heavy atom. The Morgan fingerprint density at radius 2 is 2.18 bits per heavy atom. The first-order chi connectivity index (χ1) is 5.28. The van der Waals surface area contributed by atoms with E-state index in [9.17, 15) is 0 Å². The topological polar surface area (TPSA) is 15.3 Å². The first-order valence-corrected chi connectivity index (χ1v) is 4.73. The number of fused-ring (bicyclic) bond motifs is 3. The average Bonchev–Trinajstić information content (AvgIpc) is 2.63. The molecule has 62 valence electrons. The van der Waals surface area contributed by atoms with Gasteiger partial charge in [0.2, 0.25) is 0 Å². The molecule has 2 nitrogen and oxygen atoms in total. The largest absolute Gasteiger partial charge is 0.308 e. The summed E-state index contributed by atoms with van der Waals surface area (Å²) in [5, 5.41) is 3.73. The third-order valence-corrected chi connectivity index (χ3v) is 3.75. The molecule has 0 aromatic carbocycles. The maximum absolute atomic E-state index is 3.73. The van der Waals surface area contributed by atoms with E-state index in [-0.39, 0.29) is 0 Å². The summed E-state index contributed by atoms with van der Waals surface area (Å²) in [7, 11) is 2.25. The van der Waals surface area contributed by atoms with Gasteiger partial charge in [-0.3, -0.25) is 0 Å². The van der Waals surface area contributed by atoms with Crippen molar-refractivity contribution in [2.24, 2.45) is 5.41 Å². The molecule has 3 rings (SSSR count). The predicted molar refractivity (Wildman–Crippen MR) is 44.5 cm³/mol. The van der Waals surface area contributed by atoms with Crippen LogP contribution in [0.3, 0.4) is 0 Å². The lowest BCUT2D eigenvalue weighted by atomic mass is 9.97. The van der Waals surface area contributed by atoms with Crippen LogP contribution in [0.4, 0.5) is 0 Å². The van der Waals surface area contributed by atoms with Gasteiger partial charge in [-0.2, -0.15) is 0 Å². The van der Waals surface area contributed by atoms with Crippen LogP contribution in [-0.4, -0.2) is 37.1 Å². The van der Waals surface area contributed by atoms with Crippen molar-refractivity contribution < 1.29 is 0 Å². The highest BCUT2D eigenvalue weighted by atomic mass is 15.2. The SMILES string of the molecule is CN1CC2CC3(CC3)C(C1)N2. The lowest BCUT2D eigenvalue weighted by Gasteiger charge is -2.30. The van der Waals surface area contributed by atoms with Crippen molar-refractivity contribution in [3.05, 3.63) is 0 Å². The molecule has 2 aliphatic heterocycles. The molecule has 11 heavy (non-hydrogen) atoms. The number of hydrogen-bond donors (Lipinski definition) is 1. The van der Waals surface area contributed by atoms with Gasteiger partial charge in [-0.15, -0.1) is 0 Å². The average molecular weight is 152 g/mol. The summed E-state index contributed by atoms with van der Waals surface area (Å²) in [4.78, 5) is 2.49. The van der Waals surface area contributed by atoms with Crippen LogP contribution < -0.4 is 5.32 Å². The van der Waals surface area contributed by atoms with E-state index in [2.05, 4.69) is 17.3 Å². The van der Waals surface area contributed by atoms with Gasteiger partial charge in [0, 0.05) is 25.2 Å². The molecule has 0 aromatic heterocycles. The maximum Gasteiger partial charge on any atom is 0.0254 e. The molecule has 2 heterocycles. The highest BCUT2D eigenvalue weighted by Gasteiger charge is 2.56. The molecule has 3 fully saturated rings. The fraction of sp³-hybridized carbons (Fsp3) is 1.00. The highest BCUT2D eigenvalue weighted by Crippen LogP contribution is 2.56. The summed E-state index contributed by atoms with van der Waals surface area (Å²) in [5.74, 6) is 0. The van der Waals surface area contributed by atoms with Crippen LogP contribution in [-0.2, 0) is 0 Å². The monoisotopic (exact) mass is 152 g/mol. The Bertz CT molecular complexity index is 186. The molecule has 1 aliphatic carbocycles. The second-order valence-corrected chi connectivity index (χ2v) is 4.70. The van der Waals surface area contributed by atoms with Gasteiger partial charge in [-0.25, -0.2) is 0 Å². The van der Waals surface area contributed by atoms with E-state index in [0.717, 1.165) is 17.5 Å². The van der Waals surface area contributed by atoms with Gasteiger partial charge in [0.25, 0.3) is 0 Å². The lowest BCUT2D eigenvalue weighted by Crippen LogP contribution is -2.50. The molecule has 2 unspecified atom stereocenters. The number of likely N-dealkylation sites (N-methyl/N-ethyl adjacent to an activating group) is 1. The normalized spacial score (nSPS) is 46.6. The molecule has 2 heteroatoms. The molecule has 1 spiro atoms. The number of nitrogens with one attached hydrogen (secondary N) is 1. The highest BCUT2D eigenvalue weighted by molar-refractivity contribution is 5.13. The van der Waals surface area contributed by atoms with Gasteiger partial charge in [0.15, 0.2) is 0 Å². The van der Waals surface area contributed by atoms with Gasteiger partial charge in [-0.05, 0) is 31.7 Å². The standard InChI is InChI=1S/C9H16N2/c1-11-5-7-4-9(2-3-9)8(6-11)10-7/h7-8,10H,2-6H2,1H3. The molecular formula is C9H16N2. The lowest BCUT2D eigenvalue weighted by molar-refractivity contribution is 0.222. The Morgan fingerprint density at radius 3 is 2.91 bits per heavy atom. The van der Waals surface area contributed by atoms with Crippen LogP contribution >= 0.6 is 0 Å². The van der Waals surface area contributed by atoms with Crippen LogP contribution in [0.15, 0.2) is 0 Å². The van der Waals surface area contributed by atoms with Crippen molar-refractivity contribution in [1.82, 2.24) is 10.2 Å². The molecule has 1 N–H and O–H groups in total. The molecule has 1 saturated carbocycles. The van der Waals surface area contributed by atoms with Crippen LogP contribution in [0, 0.1) is 5.41 Å². The van der Waals surface area contributed by atoms with Gasteiger partial charge in [0.1, 0.15) is 0 Å². The van der Waals surface area contributed by atoms with E-state index in [0.29, 0.717) is 0 Å². The van der Waals surface area contributed by atoms with Crippen LogP contribution in [0.5, 0.6) is 0 Å². The summed E-state index contributed by atoms with van der Waals surface area (Å²) in [6, 6.07) is 1.66. The molecule has 0 amide bonds. The van der Waals surface area contributed by atoms with E-state index in [1.807, 2.05) is 0 Å². The van der Waals surface area contributed by atoms with Crippen molar-refractivity contribution in [3.8, 4) is 0 Å². The fourth-order valence-corrected chi connectivity index (χ4v) is 2.99. The first kappa shape index (κ1) is 6.44. The van der Waals surface area contributed by atoms with E-state index in [1.54, 1.807) is 0 Å². The third kappa shape index (κ3) is 0.798. The van der Waals surface area contributed by atoms with E-state index >= 15 is 0 Å². The minimum atomic E-state index is 0.773. The summed E-state index contributed by atoms with van der Waals surface area (Å²) in [5.41, 5.74) is 0.773. The number of nitrogens with zero attached hydrogens (tertiary/aromatic N) is 1. The third-order valence-electron chi connectivity index (χ3n) is 3.75. The van der Waals surface area contributed by atoms with Gasteiger partial charge in [0.05, 0.1) is 0 Å². The van der Waals surface area contributed by atoms with Crippen LogP contribution in [0.1, 0.15) is 19.3 Å². The molecule has 2 bridgehead atoms. The van der Waals surface area contributed by atoms with E-state index in [4.69, 9.17) is 0 Å². The summed E-state index contributed by atoms with van der Waals surface area (Å²) in [6.45, 7) is 2.56. The number of hydrogen-bond acceptors (Lipinski definition) is 2. The minimum absolute atomic E-state index is 0.773. The Hall–Kier alpha value is -0.0800. The molecule has 2 saturated heterocycles. The van der Waals surface area contributed by atoms with Crippen molar-refractivity contribution in [1.29, 1.82) is 0 Å². The Labute approximate surface area is 68.0 Å². The van der Waals surface area contributed by atoms with Crippen molar-refractivity contribution in [2.75, 3.05) is 20.1 Å².